The number of hydrogen-bond donors (Lipinski definition) is 1. The van der Waals surface area contributed by atoms with Crippen molar-refractivity contribution in [3.05, 3.63) is 95.6 Å². The zero-order valence-corrected chi connectivity index (χ0v) is 24.2. The van der Waals surface area contributed by atoms with Crippen LogP contribution in [-0.4, -0.2) is 50.3 Å². The lowest BCUT2D eigenvalue weighted by atomic mass is 10.1. The second-order valence-corrected chi connectivity index (χ2v) is 11.8. The first-order valence-electron chi connectivity index (χ1n) is 13.3. The average Bonchev–Trinajstić information content (AvgIpc) is 2.92. The van der Waals surface area contributed by atoms with E-state index in [1.807, 2.05) is 64.1 Å². The second-order valence-electron chi connectivity index (χ2n) is 9.99. The van der Waals surface area contributed by atoms with Crippen LogP contribution in [0.15, 0.2) is 83.8 Å². The lowest BCUT2D eigenvalue weighted by Gasteiger charge is -2.32. The van der Waals surface area contributed by atoms with Gasteiger partial charge < -0.3 is 10.2 Å². The quantitative estimate of drug-likeness (QED) is 0.349. The molecule has 7 nitrogen and oxygen atoms in total. The number of amides is 2. The highest BCUT2D eigenvalue weighted by Crippen LogP contribution is 2.26. The third-order valence-electron chi connectivity index (χ3n) is 6.76. The Labute approximate surface area is 232 Å². The van der Waals surface area contributed by atoms with Gasteiger partial charge in [-0.05, 0) is 81.5 Å². The van der Waals surface area contributed by atoms with Crippen LogP contribution in [0.2, 0.25) is 0 Å². The Bertz CT molecular complexity index is 1340. The molecule has 0 aromatic heterocycles. The molecule has 0 aliphatic carbocycles. The Morgan fingerprint density at radius 2 is 1.44 bits per heavy atom. The van der Waals surface area contributed by atoms with Gasteiger partial charge in [-0.15, -0.1) is 0 Å². The molecule has 0 radical (unpaired) electrons. The Kier molecular flexibility index (Phi) is 10.3. The van der Waals surface area contributed by atoms with E-state index in [9.17, 15) is 18.0 Å². The predicted molar refractivity (Wildman–Crippen MR) is 156 cm³/mol. The van der Waals surface area contributed by atoms with Gasteiger partial charge in [0, 0.05) is 12.6 Å². The van der Waals surface area contributed by atoms with E-state index in [2.05, 4.69) is 5.32 Å². The minimum absolute atomic E-state index is 0.0451. The third-order valence-corrected chi connectivity index (χ3v) is 8.55. The summed E-state index contributed by atoms with van der Waals surface area (Å²) in [5.41, 5.74) is 3.19. The van der Waals surface area contributed by atoms with E-state index in [1.165, 1.54) is 17.0 Å². The maximum absolute atomic E-state index is 13.9. The van der Waals surface area contributed by atoms with Crippen molar-refractivity contribution < 1.29 is 18.0 Å². The SMILES string of the molecule is CCC(C)NC(=O)C(C)N(CCc1ccccc1)C(=O)CN(c1cc(C)cc(C)c1)S(=O)(=O)c1ccccc1. The van der Waals surface area contributed by atoms with Crippen LogP contribution in [0.1, 0.15) is 43.9 Å². The van der Waals surface area contributed by atoms with Crippen LogP contribution in [0.5, 0.6) is 0 Å². The van der Waals surface area contributed by atoms with Gasteiger partial charge in [-0.25, -0.2) is 8.42 Å². The van der Waals surface area contributed by atoms with Crippen LogP contribution in [0.4, 0.5) is 5.69 Å². The zero-order chi connectivity index (χ0) is 28.6. The first kappa shape index (κ1) is 29.9. The minimum Gasteiger partial charge on any atom is -0.352 e. The van der Waals surface area contributed by atoms with Gasteiger partial charge in [-0.2, -0.15) is 0 Å². The fourth-order valence-electron chi connectivity index (χ4n) is 4.38. The van der Waals surface area contributed by atoms with Gasteiger partial charge in [-0.3, -0.25) is 13.9 Å². The number of benzene rings is 3. The summed E-state index contributed by atoms with van der Waals surface area (Å²) in [4.78, 5) is 28.6. The smallest absolute Gasteiger partial charge is 0.264 e. The molecular formula is C31H39N3O4S. The molecule has 3 aromatic rings. The predicted octanol–water partition coefficient (Wildman–Crippen LogP) is 4.87. The van der Waals surface area contributed by atoms with Gasteiger partial charge in [0.2, 0.25) is 11.8 Å². The molecule has 0 fully saturated rings. The van der Waals surface area contributed by atoms with Crippen LogP contribution in [0.3, 0.4) is 0 Å². The molecule has 39 heavy (non-hydrogen) atoms. The Morgan fingerprint density at radius 1 is 0.872 bits per heavy atom. The molecule has 0 aliphatic heterocycles. The van der Waals surface area contributed by atoms with E-state index in [0.29, 0.717) is 12.1 Å². The standard InChI is InChI=1S/C31H39N3O4S/c1-6-25(4)32-31(36)26(5)33(18-17-27-13-9-7-10-14-27)30(35)22-34(28-20-23(2)19-24(3)21-28)39(37,38)29-15-11-8-12-16-29/h7-16,19-21,25-26H,6,17-18,22H2,1-5H3,(H,32,36). The molecule has 0 bridgehead atoms. The molecule has 0 saturated heterocycles. The van der Waals surface area contributed by atoms with E-state index in [4.69, 9.17) is 0 Å². The molecular weight excluding hydrogens is 510 g/mol. The normalized spacial score (nSPS) is 12.8. The van der Waals surface area contributed by atoms with Gasteiger partial charge in [0.15, 0.2) is 0 Å². The molecule has 0 heterocycles. The Hall–Kier alpha value is -3.65. The highest BCUT2D eigenvalue weighted by atomic mass is 32.2. The monoisotopic (exact) mass is 549 g/mol. The number of anilines is 1. The highest BCUT2D eigenvalue weighted by molar-refractivity contribution is 7.92. The molecule has 2 unspecified atom stereocenters. The summed E-state index contributed by atoms with van der Waals surface area (Å²) < 4.78 is 28.9. The third kappa shape index (κ3) is 7.93. The minimum atomic E-state index is -4.07. The molecule has 0 saturated carbocycles. The van der Waals surface area contributed by atoms with E-state index in [1.54, 1.807) is 37.3 Å². The van der Waals surface area contributed by atoms with Gasteiger partial charge in [0.25, 0.3) is 10.0 Å². The number of carbonyl (C=O) groups excluding carboxylic acids is 2. The topological polar surface area (TPSA) is 86.8 Å². The average molecular weight is 550 g/mol. The van der Waals surface area contributed by atoms with Crippen molar-refractivity contribution in [3.8, 4) is 0 Å². The summed E-state index contributed by atoms with van der Waals surface area (Å²) in [6.45, 7) is 9.19. The van der Waals surface area contributed by atoms with Crippen LogP contribution >= 0.6 is 0 Å². The maximum Gasteiger partial charge on any atom is 0.264 e. The van der Waals surface area contributed by atoms with E-state index in [0.717, 1.165) is 27.4 Å². The molecule has 3 aromatic carbocycles. The molecule has 2 amide bonds. The fourth-order valence-corrected chi connectivity index (χ4v) is 5.80. The maximum atomic E-state index is 13.9. The highest BCUT2D eigenvalue weighted by Gasteiger charge is 2.32. The summed E-state index contributed by atoms with van der Waals surface area (Å²) in [5.74, 6) is -0.717. The van der Waals surface area contributed by atoms with Crippen molar-refractivity contribution in [2.45, 2.75) is 64.4 Å². The van der Waals surface area contributed by atoms with E-state index in [-0.39, 0.29) is 23.4 Å². The molecule has 8 heteroatoms. The Morgan fingerprint density at radius 3 is 2.00 bits per heavy atom. The summed E-state index contributed by atoms with van der Waals surface area (Å²) in [7, 11) is -4.07. The fraction of sp³-hybridized carbons (Fsp3) is 0.355. The molecule has 2 atom stereocenters. The Balaban J connectivity index is 1.99. The van der Waals surface area contributed by atoms with Crippen molar-refractivity contribution in [2.75, 3.05) is 17.4 Å². The number of sulfonamides is 1. The molecule has 0 aliphatic rings. The van der Waals surface area contributed by atoms with Crippen molar-refractivity contribution in [2.24, 2.45) is 0 Å². The van der Waals surface area contributed by atoms with E-state index < -0.39 is 28.5 Å². The van der Waals surface area contributed by atoms with Crippen molar-refractivity contribution in [3.63, 3.8) is 0 Å². The van der Waals surface area contributed by atoms with Crippen LogP contribution in [0.25, 0.3) is 0 Å². The molecule has 1 N–H and O–H groups in total. The lowest BCUT2D eigenvalue weighted by molar-refractivity contribution is -0.139. The lowest BCUT2D eigenvalue weighted by Crippen LogP contribution is -2.53. The number of aryl methyl sites for hydroxylation is 2. The zero-order valence-electron chi connectivity index (χ0n) is 23.4. The number of carbonyl (C=O) groups is 2. The van der Waals surface area contributed by atoms with E-state index >= 15 is 0 Å². The summed E-state index contributed by atoms with van der Waals surface area (Å²) in [6, 6.07) is 22.4. The summed E-state index contributed by atoms with van der Waals surface area (Å²) >= 11 is 0. The van der Waals surface area contributed by atoms with Gasteiger partial charge in [0.1, 0.15) is 12.6 Å². The summed E-state index contributed by atoms with van der Waals surface area (Å²) in [5, 5.41) is 2.95. The van der Waals surface area contributed by atoms with Gasteiger partial charge >= 0.3 is 0 Å². The first-order valence-corrected chi connectivity index (χ1v) is 14.8. The number of nitrogens with zero attached hydrogens (tertiary/aromatic N) is 2. The number of hydrogen-bond acceptors (Lipinski definition) is 4. The first-order chi connectivity index (χ1) is 18.5. The van der Waals surface area contributed by atoms with Crippen molar-refractivity contribution in [1.29, 1.82) is 0 Å². The van der Waals surface area contributed by atoms with Crippen molar-refractivity contribution >= 4 is 27.5 Å². The van der Waals surface area contributed by atoms with Crippen LogP contribution in [-0.2, 0) is 26.0 Å². The second kappa shape index (κ2) is 13.4. The number of nitrogens with one attached hydrogen (secondary N) is 1. The molecule has 3 rings (SSSR count). The van der Waals surface area contributed by atoms with Crippen LogP contribution in [0, 0.1) is 13.8 Å². The van der Waals surface area contributed by atoms with Crippen LogP contribution < -0.4 is 9.62 Å². The van der Waals surface area contributed by atoms with Gasteiger partial charge in [-0.1, -0.05) is 61.5 Å². The summed E-state index contributed by atoms with van der Waals surface area (Å²) in [6.07, 6.45) is 1.29. The van der Waals surface area contributed by atoms with Crippen molar-refractivity contribution in [1.82, 2.24) is 10.2 Å². The molecule has 208 valence electrons. The largest absolute Gasteiger partial charge is 0.352 e. The molecule has 0 spiro atoms. The van der Waals surface area contributed by atoms with Gasteiger partial charge in [0.05, 0.1) is 10.6 Å². The number of rotatable bonds is 12.